The van der Waals surface area contributed by atoms with Gasteiger partial charge in [0.05, 0.1) is 17.6 Å². The molecule has 2 aliphatic rings. The number of nitrogens with zero attached hydrogens (tertiary/aromatic N) is 1. The van der Waals surface area contributed by atoms with Crippen LogP contribution in [-0.2, 0) is 20.7 Å². The zero-order valence-corrected chi connectivity index (χ0v) is 17.1. The molecular weight excluding hydrogens is 404 g/mol. The normalized spacial score (nSPS) is 20.6. The van der Waals surface area contributed by atoms with Gasteiger partial charge in [0.15, 0.2) is 0 Å². The highest BCUT2D eigenvalue weighted by Gasteiger charge is 2.26. The van der Waals surface area contributed by atoms with Gasteiger partial charge in [0, 0.05) is 7.05 Å². The average molecular weight is 424 g/mol. The van der Waals surface area contributed by atoms with Crippen molar-refractivity contribution in [1.82, 2.24) is 10.2 Å². The molecule has 2 saturated heterocycles. The van der Waals surface area contributed by atoms with Crippen molar-refractivity contribution < 1.29 is 23.9 Å². The number of amides is 3. The van der Waals surface area contributed by atoms with Crippen LogP contribution in [0.2, 0.25) is 0 Å². The van der Waals surface area contributed by atoms with Crippen molar-refractivity contribution in [2.24, 2.45) is 0 Å². The lowest BCUT2D eigenvalue weighted by molar-refractivity contribution is -0.145. The second-order valence-corrected chi connectivity index (χ2v) is 8.06. The number of carbonyl (C=O) groups is 3. The van der Waals surface area contributed by atoms with E-state index in [9.17, 15) is 14.4 Å². The van der Waals surface area contributed by atoms with Gasteiger partial charge in [-0.05, 0) is 59.7 Å². The molecule has 154 valence electrons. The largest absolute Gasteiger partial charge is 0.457 e. The van der Waals surface area contributed by atoms with Gasteiger partial charge in [-0.2, -0.15) is 0 Å². The first-order valence-corrected chi connectivity index (χ1v) is 10.2. The number of hydrogen-bond donors (Lipinski definition) is 1. The summed E-state index contributed by atoms with van der Waals surface area (Å²) < 4.78 is 11.2. The van der Waals surface area contributed by atoms with Crippen molar-refractivity contribution in [1.29, 1.82) is 0 Å². The minimum Gasteiger partial charge on any atom is -0.457 e. The molecule has 2 heterocycles. The van der Waals surface area contributed by atoms with E-state index >= 15 is 0 Å². The molecule has 1 atom stereocenters. The third-order valence-electron chi connectivity index (χ3n) is 4.93. The molecule has 0 spiro atoms. The fourth-order valence-electron chi connectivity index (χ4n) is 3.20. The van der Waals surface area contributed by atoms with Gasteiger partial charge >= 0.3 is 0 Å². The Bertz CT molecular complexity index is 1000. The second kappa shape index (κ2) is 8.73. The molecule has 0 aliphatic carbocycles. The highest BCUT2D eigenvalue weighted by Crippen LogP contribution is 2.27. The molecule has 3 amide bonds. The molecule has 0 saturated carbocycles. The smallest absolute Gasteiger partial charge is 0.290 e. The van der Waals surface area contributed by atoms with Gasteiger partial charge in [0.25, 0.3) is 11.1 Å². The van der Waals surface area contributed by atoms with E-state index in [1.807, 2.05) is 43.4 Å². The maximum Gasteiger partial charge on any atom is 0.290 e. The van der Waals surface area contributed by atoms with Gasteiger partial charge in [-0.15, -0.1) is 0 Å². The van der Waals surface area contributed by atoms with Crippen LogP contribution in [-0.4, -0.2) is 48.3 Å². The molecule has 0 radical (unpaired) electrons. The molecule has 2 aromatic rings. The molecule has 0 bridgehead atoms. The zero-order chi connectivity index (χ0) is 21.1. The van der Waals surface area contributed by atoms with Gasteiger partial charge in [0.1, 0.15) is 18.1 Å². The van der Waals surface area contributed by atoms with Gasteiger partial charge < -0.3 is 14.4 Å². The van der Waals surface area contributed by atoms with Crippen LogP contribution in [0.3, 0.4) is 0 Å². The summed E-state index contributed by atoms with van der Waals surface area (Å²) in [4.78, 5) is 36.7. The lowest BCUT2D eigenvalue weighted by Crippen LogP contribution is -2.47. The number of morpholine rings is 1. The Kier molecular flexibility index (Phi) is 5.87. The highest BCUT2D eigenvalue weighted by atomic mass is 32.2. The van der Waals surface area contributed by atoms with Crippen LogP contribution in [0.15, 0.2) is 53.4 Å². The highest BCUT2D eigenvalue weighted by molar-refractivity contribution is 8.18. The first-order valence-electron chi connectivity index (χ1n) is 9.43. The Balaban J connectivity index is 1.36. The van der Waals surface area contributed by atoms with Crippen molar-refractivity contribution in [3.05, 3.63) is 64.6 Å². The van der Waals surface area contributed by atoms with Gasteiger partial charge in [-0.1, -0.05) is 24.3 Å². The molecule has 0 aromatic heterocycles. The molecule has 7 nitrogen and oxygen atoms in total. The number of thioether (sulfide) groups is 1. The van der Waals surface area contributed by atoms with E-state index in [2.05, 4.69) is 5.32 Å². The van der Waals surface area contributed by atoms with E-state index in [4.69, 9.17) is 9.47 Å². The van der Waals surface area contributed by atoms with E-state index in [0.717, 1.165) is 29.3 Å². The fourth-order valence-corrected chi connectivity index (χ4v) is 3.88. The van der Waals surface area contributed by atoms with Gasteiger partial charge in [-0.3, -0.25) is 19.7 Å². The zero-order valence-electron chi connectivity index (χ0n) is 16.3. The van der Waals surface area contributed by atoms with Gasteiger partial charge in [-0.25, -0.2) is 0 Å². The first kappa shape index (κ1) is 20.2. The van der Waals surface area contributed by atoms with Crippen molar-refractivity contribution >= 4 is 34.9 Å². The van der Waals surface area contributed by atoms with Crippen LogP contribution in [0, 0.1) is 0 Å². The van der Waals surface area contributed by atoms with Crippen molar-refractivity contribution in [2.75, 3.05) is 20.3 Å². The molecular formula is C22H20N2O5S. The van der Waals surface area contributed by atoms with E-state index in [0.29, 0.717) is 23.0 Å². The first-order chi connectivity index (χ1) is 14.5. The standard InChI is InChI=1S/C22H20N2O5S/c1-24-16(12-28-13-20(24)25)10-14-2-6-17(7-3-14)29-18-8-4-15(5-9-18)11-19-21(26)23-22(27)30-19/h2-9,11,16H,10,12-13H2,1H3,(H,23,26,27)/b19-11-. The number of likely N-dealkylation sites (N-methyl/N-ethyl adjacent to an activating group) is 1. The number of ether oxygens (including phenoxy) is 2. The Morgan fingerprint density at radius 3 is 2.40 bits per heavy atom. The minimum absolute atomic E-state index is 0.00375. The summed E-state index contributed by atoms with van der Waals surface area (Å²) in [5, 5.41) is 1.87. The molecule has 8 heteroatoms. The quantitative estimate of drug-likeness (QED) is 0.742. The van der Waals surface area contributed by atoms with E-state index < -0.39 is 0 Å². The summed E-state index contributed by atoms with van der Waals surface area (Å²) in [6, 6.07) is 15.0. The Labute approximate surface area is 178 Å². The molecule has 4 rings (SSSR count). The lowest BCUT2D eigenvalue weighted by Gasteiger charge is -2.32. The Morgan fingerprint density at radius 2 is 1.77 bits per heavy atom. The topological polar surface area (TPSA) is 84.9 Å². The summed E-state index contributed by atoms with van der Waals surface area (Å²) in [5.41, 5.74) is 1.90. The maximum atomic E-state index is 11.7. The minimum atomic E-state index is -0.374. The fraction of sp³-hybridized carbons (Fsp3) is 0.227. The molecule has 2 aromatic carbocycles. The predicted octanol–water partition coefficient (Wildman–Crippen LogP) is 3.20. The van der Waals surface area contributed by atoms with Crippen LogP contribution in [0.25, 0.3) is 6.08 Å². The number of carbonyl (C=O) groups excluding carboxylic acids is 3. The summed E-state index contributed by atoms with van der Waals surface area (Å²) in [5.74, 6) is 0.992. The van der Waals surface area contributed by atoms with Crippen LogP contribution < -0.4 is 10.1 Å². The monoisotopic (exact) mass is 424 g/mol. The van der Waals surface area contributed by atoms with E-state index in [1.54, 1.807) is 23.1 Å². The molecule has 1 unspecified atom stereocenters. The third kappa shape index (κ3) is 4.72. The van der Waals surface area contributed by atoms with Crippen molar-refractivity contribution in [3.8, 4) is 11.5 Å². The summed E-state index contributed by atoms with van der Waals surface area (Å²) in [6.45, 7) is 0.692. The second-order valence-electron chi connectivity index (χ2n) is 7.04. The van der Waals surface area contributed by atoms with E-state index in [1.165, 1.54) is 0 Å². The molecule has 1 N–H and O–H groups in total. The number of hydrogen-bond acceptors (Lipinski definition) is 6. The number of benzene rings is 2. The predicted molar refractivity (Wildman–Crippen MR) is 113 cm³/mol. The number of imide groups is 1. The lowest BCUT2D eigenvalue weighted by atomic mass is 10.0. The Morgan fingerprint density at radius 1 is 1.10 bits per heavy atom. The van der Waals surface area contributed by atoms with Crippen molar-refractivity contribution in [3.63, 3.8) is 0 Å². The van der Waals surface area contributed by atoms with Crippen LogP contribution in [0.4, 0.5) is 4.79 Å². The SMILES string of the molecule is CN1C(=O)COCC1Cc1ccc(Oc2ccc(/C=C3\SC(=O)NC3=O)cc2)cc1. The van der Waals surface area contributed by atoms with E-state index in [-0.39, 0.29) is 29.7 Å². The third-order valence-corrected chi connectivity index (χ3v) is 5.74. The van der Waals surface area contributed by atoms with Crippen molar-refractivity contribution in [2.45, 2.75) is 12.5 Å². The number of nitrogens with one attached hydrogen (secondary N) is 1. The van der Waals surface area contributed by atoms with Crippen LogP contribution in [0.1, 0.15) is 11.1 Å². The molecule has 2 fully saturated rings. The van der Waals surface area contributed by atoms with Crippen LogP contribution in [0.5, 0.6) is 11.5 Å². The summed E-state index contributed by atoms with van der Waals surface area (Å²) in [6.07, 6.45) is 2.39. The summed E-state index contributed by atoms with van der Waals surface area (Å²) >= 11 is 0.890. The summed E-state index contributed by atoms with van der Waals surface area (Å²) in [7, 11) is 1.81. The number of rotatable bonds is 5. The maximum absolute atomic E-state index is 11.7. The molecule has 2 aliphatic heterocycles. The average Bonchev–Trinajstić information content (AvgIpc) is 3.05. The van der Waals surface area contributed by atoms with Crippen LogP contribution >= 0.6 is 11.8 Å². The van der Waals surface area contributed by atoms with Gasteiger partial charge in [0.2, 0.25) is 5.91 Å². The Hall–Kier alpha value is -3.10. The molecule has 30 heavy (non-hydrogen) atoms.